The summed E-state index contributed by atoms with van der Waals surface area (Å²) in [6.45, 7) is 2.01. The van der Waals surface area contributed by atoms with Crippen molar-refractivity contribution in [3.63, 3.8) is 0 Å². The van der Waals surface area contributed by atoms with Gasteiger partial charge in [-0.2, -0.15) is 0 Å². The van der Waals surface area contributed by atoms with E-state index in [-0.39, 0.29) is 11.7 Å². The van der Waals surface area contributed by atoms with Gasteiger partial charge in [0.1, 0.15) is 11.3 Å². The molecule has 0 bridgehead atoms. The van der Waals surface area contributed by atoms with Crippen molar-refractivity contribution in [1.82, 2.24) is 4.98 Å². The first-order valence-electron chi connectivity index (χ1n) is 9.70. The zero-order valence-electron chi connectivity index (χ0n) is 16.6. The number of amides is 1. The van der Waals surface area contributed by atoms with Gasteiger partial charge in [-0.15, -0.1) is 0 Å². The Bertz CT molecular complexity index is 1400. The van der Waals surface area contributed by atoms with Crippen LogP contribution in [0.4, 0.5) is 5.69 Å². The van der Waals surface area contributed by atoms with Crippen molar-refractivity contribution in [2.24, 2.45) is 0 Å². The molecule has 152 valence electrons. The molecule has 1 amide bonds. The molecule has 5 aromatic rings. The van der Waals surface area contributed by atoms with Gasteiger partial charge in [0.2, 0.25) is 5.89 Å². The minimum atomic E-state index is -0.345. The van der Waals surface area contributed by atoms with Crippen LogP contribution in [-0.2, 0) is 0 Å². The van der Waals surface area contributed by atoms with Crippen molar-refractivity contribution in [2.45, 2.75) is 6.92 Å². The maximum absolute atomic E-state index is 12.7. The van der Waals surface area contributed by atoms with Crippen molar-refractivity contribution < 1.29 is 13.6 Å². The van der Waals surface area contributed by atoms with Crippen molar-refractivity contribution in [3.05, 3.63) is 95.2 Å². The van der Waals surface area contributed by atoms with Crippen LogP contribution in [0.3, 0.4) is 0 Å². The van der Waals surface area contributed by atoms with Crippen molar-refractivity contribution in [1.29, 1.82) is 0 Å². The summed E-state index contributed by atoms with van der Waals surface area (Å²) in [5.74, 6) is 1.01. The third kappa shape index (κ3) is 3.83. The minimum Gasteiger partial charge on any atom is -0.451 e. The van der Waals surface area contributed by atoms with E-state index >= 15 is 0 Å². The Kier molecular flexibility index (Phi) is 4.81. The highest BCUT2D eigenvalue weighted by Gasteiger charge is 2.15. The minimum absolute atomic E-state index is 0.214. The predicted molar refractivity (Wildman–Crippen MR) is 121 cm³/mol. The van der Waals surface area contributed by atoms with Gasteiger partial charge in [0.25, 0.3) is 5.91 Å². The average Bonchev–Trinajstić information content (AvgIpc) is 3.42. The van der Waals surface area contributed by atoms with E-state index in [2.05, 4.69) is 10.3 Å². The second-order valence-corrected chi connectivity index (χ2v) is 7.58. The lowest BCUT2D eigenvalue weighted by molar-refractivity contribution is 0.0997. The van der Waals surface area contributed by atoms with Crippen LogP contribution in [0.5, 0.6) is 0 Å². The average molecular weight is 429 g/mol. The van der Waals surface area contributed by atoms with Gasteiger partial charge >= 0.3 is 0 Å². The molecule has 0 saturated heterocycles. The third-order valence-corrected chi connectivity index (χ3v) is 5.23. The number of benzene rings is 3. The van der Waals surface area contributed by atoms with Crippen LogP contribution < -0.4 is 5.32 Å². The van der Waals surface area contributed by atoms with Crippen molar-refractivity contribution >= 4 is 34.3 Å². The number of oxazole rings is 1. The molecule has 5 nitrogen and oxygen atoms in total. The molecule has 1 N–H and O–H groups in total. The molecule has 0 fully saturated rings. The summed E-state index contributed by atoms with van der Waals surface area (Å²) in [5.41, 5.74) is 4.78. The van der Waals surface area contributed by atoms with Crippen LogP contribution in [0.25, 0.3) is 33.9 Å². The predicted octanol–water partition coefficient (Wildman–Crippen LogP) is 6.97. The summed E-state index contributed by atoms with van der Waals surface area (Å²) < 4.78 is 11.6. The van der Waals surface area contributed by atoms with Crippen LogP contribution in [0.1, 0.15) is 16.1 Å². The number of nitrogens with zero attached hydrogens (tertiary/aromatic N) is 1. The Morgan fingerprint density at radius 3 is 2.55 bits per heavy atom. The van der Waals surface area contributed by atoms with Crippen molar-refractivity contribution in [3.8, 4) is 22.8 Å². The zero-order chi connectivity index (χ0) is 21.4. The quantitative estimate of drug-likeness (QED) is 0.335. The summed E-state index contributed by atoms with van der Waals surface area (Å²) in [7, 11) is 0. The number of halogens is 1. The molecule has 0 unspecified atom stereocenters. The molecule has 0 aliphatic rings. The number of carbonyl (C=O) groups is 1. The fourth-order valence-electron chi connectivity index (χ4n) is 3.36. The molecule has 3 aromatic carbocycles. The highest BCUT2D eigenvalue weighted by Crippen LogP contribution is 2.29. The number of fused-ring (bicyclic) bond motifs is 1. The molecular formula is C25H17ClN2O3. The van der Waals surface area contributed by atoms with Crippen LogP contribution in [0.15, 0.2) is 87.7 Å². The summed E-state index contributed by atoms with van der Waals surface area (Å²) in [6.07, 6.45) is 0. The molecule has 0 atom stereocenters. The number of rotatable bonds is 4. The van der Waals surface area contributed by atoms with E-state index in [9.17, 15) is 4.79 Å². The first kappa shape index (κ1) is 19.2. The lowest BCUT2D eigenvalue weighted by Gasteiger charge is -2.02. The standard InChI is InChI=1S/C25H17ClN2O3/c1-15-4-2-3-5-19(15)25-28-20-14-18(10-11-22(20)31-25)27-24(29)23-13-12-21(30-23)16-6-8-17(26)9-7-16/h2-14H,1H3,(H,27,29). The normalized spacial score (nSPS) is 11.0. The summed E-state index contributed by atoms with van der Waals surface area (Å²) >= 11 is 5.92. The van der Waals surface area contributed by atoms with Crippen LogP contribution in [-0.4, -0.2) is 10.9 Å². The number of aryl methyl sites for hydroxylation is 1. The van der Waals surface area contributed by atoms with Gasteiger partial charge in [-0.3, -0.25) is 4.79 Å². The molecule has 6 heteroatoms. The van der Waals surface area contributed by atoms with Gasteiger partial charge in [-0.05, 0) is 73.2 Å². The first-order chi connectivity index (χ1) is 15.1. The van der Waals surface area contributed by atoms with Crippen LogP contribution in [0, 0.1) is 6.92 Å². The summed E-state index contributed by atoms with van der Waals surface area (Å²) in [6, 6.07) is 23.9. The lowest BCUT2D eigenvalue weighted by atomic mass is 10.1. The molecule has 0 aliphatic carbocycles. The van der Waals surface area contributed by atoms with Crippen LogP contribution >= 0.6 is 11.6 Å². The van der Waals surface area contributed by atoms with Gasteiger partial charge in [0.15, 0.2) is 11.3 Å². The van der Waals surface area contributed by atoms with Crippen LogP contribution in [0.2, 0.25) is 5.02 Å². The fraction of sp³-hybridized carbons (Fsp3) is 0.0400. The van der Waals surface area contributed by atoms with Crippen molar-refractivity contribution in [2.75, 3.05) is 5.32 Å². The van der Waals surface area contributed by atoms with E-state index in [0.29, 0.717) is 33.5 Å². The largest absolute Gasteiger partial charge is 0.451 e. The molecule has 2 heterocycles. The Morgan fingerprint density at radius 1 is 0.935 bits per heavy atom. The maximum atomic E-state index is 12.7. The summed E-state index contributed by atoms with van der Waals surface area (Å²) in [4.78, 5) is 17.2. The monoisotopic (exact) mass is 428 g/mol. The SMILES string of the molecule is Cc1ccccc1-c1nc2cc(NC(=O)c3ccc(-c4ccc(Cl)cc4)o3)ccc2o1. The fourth-order valence-corrected chi connectivity index (χ4v) is 3.48. The third-order valence-electron chi connectivity index (χ3n) is 4.98. The van der Waals surface area contributed by atoms with E-state index < -0.39 is 0 Å². The number of furan rings is 1. The number of carbonyl (C=O) groups excluding carboxylic acids is 1. The molecule has 0 aliphatic heterocycles. The summed E-state index contributed by atoms with van der Waals surface area (Å²) in [5, 5.41) is 3.49. The van der Waals surface area contributed by atoms with E-state index in [0.717, 1.165) is 16.7 Å². The number of aromatic nitrogens is 1. The molecular weight excluding hydrogens is 412 g/mol. The Labute approximate surface area is 183 Å². The number of hydrogen-bond acceptors (Lipinski definition) is 4. The number of anilines is 1. The highest BCUT2D eigenvalue weighted by molar-refractivity contribution is 6.30. The molecule has 0 saturated carbocycles. The second-order valence-electron chi connectivity index (χ2n) is 7.14. The second kappa shape index (κ2) is 7.78. The highest BCUT2D eigenvalue weighted by atomic mass is 35.5. The van der Waals surface area contributed by atoms with Gasteiger partial charge in [-0.1, -0.05) is 29.8 Å². The Morgan fingerprint density at radius 2 is 1.74 bits per heavy atom. The molecule has 0 spiro atoms. The van der Waals surface area contributed by atoms with Gasteiger partial charge in [-0.25, -0.2) is 4.98 Å². The molecule has 0 radical (unpaired) electrons. The Balaban J connectivity index is 1.37. The molecule has 31 heavy (non-hydrogen) atoms. The van der Waals surface area contributed by atoms with E-state index in [1.807, 2.05) is 43.3 Å². The number of hydrogen-bond donors (Lipinski definition) is 1. The zero-order valence-corrected chi connectivity index (χ0v) is 17.3. The topological polar surface area (TPSA) is 68.3 Å². The Hall–Kier alpha value is -3.83. The van der Waals surface area contributed by atoms with E-state index in [1.54, 1.807) is 42.5 Å². The van der Waals surface area contributed by atoms with E-state index in [1.165, 1.54) is 0 Å². The maximum Gasteiger partial charge on any atom is 0.291 e. The van der Waals surface area contributed by atoms with E-state index in [4.69, 9.17) is 20.4 Å². The number of nitrogens with one attached hydrogen (secondary N) is 1. The van der Waals surface area contributed by atoms with Gasteiger partial charge in [0, 0.05) is 21.8 Å². The molecule has 5 rings (SSSR count). The van der Waals surface area contributed by atoms with Gasteiger partial charge < -0.3 is 14.2 Å². The van der Waals surface area contributed by atoms with Gasteiger partial charge in [0.05, 0.1) is 0 Å². The molecule has 2 aromatic heterocycles. The lowest BCUT2D eigenvalue weighted by Crippen LogP contribution is -2.10. The smallest absolute Gasteiger partial charge is 0.291 e. The first-order valence-corrected chi connectivity index (χ1v) is 10.1.